The summed E-state index contributed by atoms with van der Waals surface area (Å²) in [6, 6.07) is 16.1. The summed E-state index contributed by atoms with van der Waals surface area (Å²) in [6.45, 7) is 2.79. The molecular weight excluding hydrogens is 306 g/mol. The quantitative estimate of drug-likeness (QED) is 0.442. The van der Waals surface area contributed by atoms with Crippen LogP contribution < -0.4 is 10.6 Å². The first kappa shape index (κ1) is 17.5. The zero-order valence-electron chi connectivity index (χ0n) is 13.6. The molecule has 0 aliphatic rings. The number of rotatable bonds is 8. The van der Waals surface area contributed by atoms with E-state index in [1.807, 2.05) is 37.3 Å². The van der Waals surface area contributed by atoms with Gasteiger partial charge in [-0.25, -0.2) is 0 Å². The summed E-state index contributed by atoms with van der Waals surface area (Å²) < 4.78 is 0. The molecule has 1 amide bonds. The van der Waals surface area contributed by atoms with Crippen LogP contribution in [-0.4, -0.2) is 23.9 Å². The molecule has 2 aromatic carbocycles. The van der Waals surface area contributed by atoms with Gasteiger partial charge in [0.25, 0.3) is 5.69 Å². The highest BCUT2D eigenvalue weighted by atomic mass is 16.6. The molecule has 2 rings (SSSR count). The highest BCUT2D eigenvalue weighted by Crippen LogP contribution is 2.22. The Kier molecular flexibility index (Phi) is 6.31. The summed E-state index contributed by atoms with van der Waals surface area (Å²) in [4.78, 5) is 22.8. The van der Waals surface area contributed by atoms with Crippen LogP contribution in [0.1, 0.15) is 24.8 Å². The molecule has 0 aromatic heterocycles. The second kappa shape index (κ2) is 8.67. The molecule has 0 saturated heterocycles. The molecule has 2 aromatic rings. The maximum atomic E-state index is 12.3. The van der Waals surface area contributed by atoms with Gasteiger partial charge in [-0.1, -0.05) is 49.4 Å². The summed E-state index contributed by atoms with van der Waals surface area (Å²) in [6.07, 6.45) is 0.716. The summed E-state index contributed by atoms with van der Waals surface area (Å²) in [5, 5.41) is 16.8. The Morgan fingerprint density at radius 3 is 2.42 bits per heavy atom. The SMILES string of the molecule is CCC(C(=O)NCCNc1ccccc1[N+](=O)[O-])c1ccccc1. The van der Waals surface area contributed by atoms with Crippen LogP contribution in [0.15, 0.2) is 54.6 Å². The van der Waals surface area contributed by atoms with Crippen molar-refractivity contribution in [3.8, 4) is 0 Å². The molecule has 24 heavy (non-hydrogen) atoms. The first-order valence-corrected chi connectivity index (χ1v) is 7.93. The number of para-hydroxylation sites is 2. The summed E-state index contributed by atoms with van der Waals surface area (Å²) in [7, 11) is 0. The standard InChI is InChI=1S/C18H21N3O3/c1-2-15(14-8-4-3-5-9-14)18(22)20-13-12-19-16-10-6-7-11-17(16)21(23)24/h3-11,15,19H,2,12-13H2,1H3,(H,20,22). The van der Waals surface area contributed by atoms with Gasteiger partial charge < -0.3 is 10.6 Å². The first-order chi connectivity index (χ1) is 11.6. The minimum atomic E-state index is -0.427. The van der Waals surface area contributed by atoms with Gasteiger partial charge in [0.1, 0.15) is 5.69 Å². The summed E-state index contributed by atoms with van der Waals surface area (Å²) >= 11 is 0. The van der Waals surface area contributed by atoms with Crippen molar-refractivity contribution in [1.82, 2.24) is 5.32 Å². The van der Waals surface area contributed by atoms with E-state index in [0.717, 1.165) is 5.56 Å². The lowest BCUT2D eigenvalue weighted by Crippen LogP contribution is -2.33. The second-order valence-corrected chi connectivity index (χ2v) is 5.36. The number of carbonyl (C=O) groups excluding carboxylic acids is 1. The second-order valence-electron chi connectivity index (χ2n) is 5.36. The molecule has 0 radical (unpaired) electrons. The molecule has 0 bridgehead atoms. The lowest BCUT2D eigenvalue weighted by Gasteiger charge is -2.15. The van der Waals surface area contributed by atoms with E-state index in [1.165, 1.54) is 6.07 Å². The summed E-state index contributed by atoms with van der Waals surface area (Å²) in [5.41, 5.74) is 1.47. The van der Waals surface area contributed by atoms with E-state index in [0.29, 0.717) is 25.2 Å². The molecule has 0 aliphatic heterocycles. The van der Waals surface area contributed by atoms with Crippen LogP contribution in [0.25, 0.3) is 0 Å². The summed E-state index contributed by atoms with van der Waals surface area (Å²) in [5.74, 6) is -0.217. The predicted octanol–water partition coefficient (Wildman–Crippen LogP) is 3.32. The average Bonchev–Trinajstić information content (AvgIpc) is 2.60. The number of hydrogen-bond donors (Lipinski definition) is 2. The Labute approximate surface area is 141 Å². The molecule has 1 atom stereocenters. The van der Waals surface area contributed by atoms with Gasteiger partial charge in [-0.2, -0.15) is 0 Å². The Morgan fingerprint density at radius 2 is 1.75 bits per heavy atom. The smallest absolute Gasteiger partial charge is 0.292 e. The number of nitrogens with one attached hydrogen (secondary N) is 2. The minimum Gasteiger partial charge on any atom is -0.378 e. The van der Waals surface area contributed by atoms with Crippen LogP contribution in [0, 0.1) is 10.1 Å². The normalized spacial score (nSPS) is 11.5. The fourth-order valence-electron chi connectivity index (χ4n) is 2.55. The number of anilines is 1. The lowest BCUT2D eigenvalue weighted by atomic mass is 9.96. The highest BCUT2D eigenvalue weighted by molar-refractivity contribution is 5.83. The Balaban J connectivity index is 1.86. The van der Waals surface area contributed by atoms with Gasteiger partial charge in [0.15, 0.2) is 0 Å². The van der Waals surface area contributed by atoms with E-state index in [1.54, 1.807) is 18.2 Å². The zero-order valence-corrected chi connectivity index (χ0v) is 13.6. The van der Waals surface area contributed by atoms with Crippen molar-refractivity contribution < 1.29 is 9.72 Å². The first-order valence-electron chi connectivity index (χ1n) is 7.93. The minimum absolute atomic E-state index is 0.0274. The third kappa shape index (κ3) is 4.55. The van der Waals surface area contributed by atoms with E-state index in [9.17, 15) is 14.9 Å². The van der Waals surface area contributed by atoms with Crippen molar-refractivity contribution in [2.24, 2.45) is 0 Å². The molecule has 0 heterocycles. The van der Waals surface area contributed by atoms with E-state index in [4.69, 9.17) is 0 Å². The van der Waals surface area contributed by atoms with E-state index >= 15 is 0 Å². The van der Waals surface area contributed by atoms with Gasteiger partial charge in [-0.15, -0.1) is 0 Å². The molecular formula is C18H21N3O3. The third-order valence-corrected chi connectivity index (χ3v) is 3.77. The average molecular weight is 327 g/mol. The lowest BCUT2D eigenvalue weighted by molar-refractivity contribution is -0.384. The van der Waals surface area contributed by atoms with Crippen LogP contribution >= 0.6 is 0 Å². The van der Waals surface area contributed by atoms with Crippen LogP contribution in [-0.2, 0) is 4.79 Å². The number of nitro groups is 1. The number of hydrogen-bond acceptors (Lipinski definition) is 4. The molecule has 6 heteroatoms. The Hall–Kier alpha value is -2.89. The molecule has 0 spiro atoms. The van der Waals surface area contributed by atoms with Crippen molar-refractivity contribution in [3.63, 3.8) is 0 Å². The molecule has 126 valence electrons. The maximum Gasteiger partial charge on any atom is 0.292 e. The highest BCUT2D eigenvalue weighted by Gasteiger charge is 2.18. The van der Waals surface area contributed by atoms with Gasteiger partial charge in [-0.05, 0) is 18.1 Å². The van der Waals surface area contributed by atoms with Crippen LogP contribution in [0.5, 0.6) is 0 Å². The molecule has 0 fully saturated rings. The van der Waals surface area contributed by atoms with Gasteiger partial charge in [0, 0.05) is 19.2 Å². The zero-order chi connectivity index (χ0) is 17.4. The van der Waals surface area contributed by atoms with Crippen molar-refractivity contribution in [3.05, 3.63) is 70.3 Å². The third-order valence-electron chi connectivity index (χ3n) is 3.77. The van der Waals surface area contributed by atoms with Crippen molar-refractivity contribution >= 4 is 17.3 Å². The number of nitro benzene ring substituents is 1. The number of carbonyl (C=O) groups is 1. The Morgan fingerprint density at radius 1 is 1.08 bits per heavy atom. The monoisotopic (exact) mass is 327 g/mol. The molecule has 0 saturated carbocycles. The van der Waals surface area contributed by atoms with E-state index < -0.39 is 4.92 Å². The Bertz CT molecular complexity index is 689. The van der Waals surface area contributed by atoms with Gasteiger partial charge in [0.2, 0.25) is 5.91 Å². The number of benzene rings is 2. The fraction of sp³-hybridized carbons (Fsp3) is 0.278. The van der Waals surface area contributed by atoms with E-state index in [2.05, 4.69) is 10.6 Å². The molecule has 2 N–H and O–H groups in total. The van der Waals surface area contributed by atoms with E-state index in [-0.39, 0.29) is 17.5 Å². The molecule has 0 aliphatic carbocycles. The van der Waals surface area contributed by atoms with Gasteiger partial charge >= 0.3 is 0 Å². The van der Waals surface area contributed by atoms with Gasteiger partial charge in [0.05, 0.1) is 10.8 Å². The number of amides is 1. The van der Waals surface area contributed by atoms with Crippen LogP contribution in [0.2, 0.25) is 0 Å². The molecule has 1 unspecified atom stereocenters. The fourth-order valence-corrected chi connectivity index (χ4v) is 2.55. The predicted molar refractivity (Wildman–Crippen MR) is 94.1 cm³/mol. The van der Waals surface area contributed by atoms with Crippen LogP contribution in [0.3, 0.4) is 0 Å². The van der Waals surface area contributed by atoms with Crippen molar-refractivity contribution in [2.45, 2.75) is 19.3 Å². The number of nitrogens with zero attached hydrogens (tertiary/aromatic N) is 1. The van der Waals surface area contributed by atoms with Crippen molar-refractivity contribution in [2.75, 3.05) is 18.4 Å². The largest absolute Gasteiger partial charge is 0.378 e. The van der Waals surface area contributed by atoms with Gasteiger partial charge in [-0.3, -0.25) is 14.9 Å². The van der Waals surface area contributed by atoms with Crippen LogP contribution in [0.4, 0.5) is 11.4 Å². The topological polar surface area (TPSA) is 84.3 Å². The maximum absolute atomic E-state index is 12.3. The van der Waals surface area contributed by atoms with Crippen molar-refractivity contribution in [1.29, 1.82) is 0 Å². The molecule has 6 nitrogen and oxygen atoms in total.